The Morgan fingerprint density at radius 3 is 2.57 bits per heavy atom. The van der Waals surface area contributed by atoms with Crippen molar-refractivity contribution in [3.63, 3.8) is 0 Å². The summed E-state index contributed by atoms with van der Waals surface area (Å²) in [4.78, 5) is 11.2. The lowest BCUT2D eigenvalue weighted by atomic mass is 9.94. The Morgan fingerprint density at radius 2 is 2.07 bits per heavy atom. The van der Waals surface area contributed by atoms with Crippen LogP contribution in [0.1, 0.15) is 29.8 Å². The van der Waals surface area contributed by atoms with Gasteiger partial charge in [0.2, 0.25) is 0 Å². The molecule has 0 bridgehead atoms. The molecule has 0 atom stereocenters. The van der Waals surface area contributed by atoms with Crippen LogP contribution in [-0.2, 0) is 10.3 Å². The van der Waals surface area contributed by atoms with Gasteiger partial charge >= 0.3 is 5.97 Å². The third-order valence-electron chi connectivity index (χ3n) is 2.03. The predicted octanol–water partition coefficient (Wildman–Crippen LogP) is 1.67. The summed E-state index contributed by atoms with van der Waals surface area (Å²) in [5.41, 5.74) is 6.92. The van der Waals surface area contributed by atoms with Gasteiger partial charge in [0.05, 0.1) is 12.7 Å². The molecule has 0 saturated carbocycles. The smallest absolute Gasteiger partial charge is 0.337 e. The molecule has 2 N–H and O–H groups in total. The van der Waals surface area contributed by atoms with Crippen molar-refractivity contribution in [1.29, 1.82) is 0 Å². The molecule has 0 radical (unpaired) electrons. The number of nitrogens with two attached hydrogens (primary N) is 1. The standard InChI is InChI=1S/C11H15NO2/c1-11(2,12)9-6-4-5-8(7-9)10(13)14-3/h4-7H,12H2,1-3H3. The first-order chi connectivity index (χ1) is 6.45. The van der Waals surface area contributed by atoms with Crippen LogP contribution in [0.25, 0.3) is 0 Å². The van der Waals surface area contributed by atoms with Crippen LogP contribution in [-0.4, -0.2) is 13.1 Å². The summed E-state index contributed by atoms with van der Waals surface area (Å²) < 4.78 is 4.62. The normalized spacial score (nSPS) is 11.1. The van der Waals surface area contributed by atoms with Gasteiger partial charge in [-0.3, -0.25) is 0 Å². The van der Waals surface area contributed by atoms with Gasteiger partial charge in [-0.2, -0.15) is 0 Å². The van der Waals surface area contributed by atoms with Crippen LogP contribution >= 0.6 is 0 Å². The molecule has 0 aliphatic heterocycles. The van der Waals surface area contributed by atoms with Crippen molar-refractivity contribution < 1.29 is 9.53 Å². The van der Waals surface area contributed by atoms with Crippen molar-refractivity contribution in [3.05, 3.63) is 35.4 Å². The first-order valence-corrected chi connectivity index (χ1v) is 4.43. The van der Waals surface area contributed by atoms with Crippen molar-refractivity contribution >= 4 is 5.97 Å². The number of ether oxygens (including phenoxy) is 1. The molecule has 14 heavy (non-hydrogen) atoms. The Morgan fingerprint density at radius 1 is 1.43 bits per heavy atom. The maximum atomic E-state index is 11.2. The summed E-state index contributed by atoms with van der Waals surface area (Å²) in [6.45, 7) is 3.78. The lowest BCUT2D eigenvalue weighted by Crippen LogP contribution is -2.28. The van der Waals surface area contributed by atoms with E-state index in [0.717, 1.165) is 5.56 Å². The second-order valence-electron chi connectivity index (χ2n) is 3.79. The number of methoxy groups -OCH3 is 1. The molecule has 0 fully saturated rings. The van der Waals surface area contributed by atoms with Gasteiger partial charge in [0.1, 0.15) is 0 Å². The van der Waals surface area contributed by atoms with Gasteiger partial charge in [0.25, 0.3) is 0 Å². The lowest BCUT2D eigenvalue weighted by Gasteiger charge is -2.19. The number of hydrogen-bond donors (Lipinski definition) is 1. The van der Waals surface area contributed by atoms with Gasteiger partial charge in [-0.15, -0.1) is 0 Å². The summed E-state index contributed by atoms with van der Waals surface area (Å²) >= 11 is 0. The molecule has 0 aliphatic rings. The summed E-state index contributed by atoms with van der Waals surface area (Å²) in [5.74, 6) is -0.337. The Bertz CT molecular complexity index is 339. The number of esters is 1. The largest absolute Gasteiger partial charge is 0.465 e. The Labute approximate surface area is 83.9 Å². The molecule has 0 amide bonds. The van der Waals surface area contributed by atoms with Gasteiger partial charge in [-0.25, -0.2) is 4.79 Å². The fraction of sp³-hybridized carbons (Fsp3) is 0.364. The number of benzene rings is 1. The molecule has 1 aromatic rings. The Kier molecular flexibility index (Phi) is 2.91. The summed E-state index contributed by atoms with van der Waals surface area (Å²) in [7, 11) is 1.36. The van der Waals surface area contributed by atoms with Gasteiger partial charge in [0, 0.05) is 5.54 Å². The van der Waals surface area contributed by atoms with E-state index in [9.17, 15) is 4.79 Å². The van der Waals surface area contributed by atoms with E-state index in [1.165, 1.54) is 7.11 Å². The van der Waals surface area contributed by atoms with Gasteiger partial charge in [-0.05, 0) is 31.5 Å². The molecule has 3 nitrogen and oxygen atoms in total. The highest BCUT2D eigenvalue weighted by atomic mass is 16.5. The van der Waals surface area contributed by atoms with Gasteiger partial charge in [0.15, 0.2) is 0 Å². The highest BCUT2D eigenvalue weighted by Gasteiger charge is 2.15. The summed E-state index contributed by atoms with van der Waals surface area (Å²) in [6.07, 6.45) is 0. The number of carbonyl (C=O) groups is 1. The molecule has 1 aromatic carbocycles. The number of hydrogen-bond acceptors (Lipinski definition) is 3. The zero-order valence-electron chi connectivity index (χ0n) is 8.70. The minimum Gasteiger partial charge on any atom is -0.465 e. The summed E-state index contributed by atoms with van der Waals surface area (Å²) in [5, 5.41) is 0. The van der Waals surface area contributed by atoms with E-state index in [0.29, 0.717) is 5.56 Å². The quantitative estimate of drug-likeness (QED) is 0.727. The third-order valence-corrected chi connectivity index (χ3v) is 2.03. The molecule has 76 valence electrons. The van der Waals surface area contributed by atoms with Crippen molar-refractivity contribution in [2.75, 3.05) is 7.11 Å². The molecule has 0 spiro atoms. The maximum absolute atomic E-state index is 11.2. The van der Waals surface area contributed by atoms with E-state index in [-0.39, 0.29) is 5.97 Å². The van der Waals surface area contributed by atoms with E-state index >= 15 is 0 Å². The molecule has 0 aromatic heterocycles. The van der Waals surface area contributed by atoms with Gasteiger partial charge < -0.3 is 10.5 Å². The van der Waals surface area contributed by atoms with Crippen molar-refractivity contribution in [3.8, 4) is 0 Å². The molecule has 0 unspecified atom stereocenters. The van der Waals surface area contributed by atoms with E-state index in [1.807, 2.05) is 19.9 Å². The van der Waals surface area contributed by atoms with E-state index in [2.05, 4.69) is 4.74 Å². The zero-order valence-corrected chi connectivity index (χ0v) is 8.70. The average Bonchev–Trinajstić information content (AvgIpc) is 2.15. The van der Waals surface area contributed by atoms with E-state index in [1.54, 1.807) is 18.2 Å². The number of rotatable bonds is 2. The monoisotopic (exact) mass is 193 g/mol. The lowest BCUT2D eigenvalue weighted by molar-refractivity contribution is 0.0600. The Hall–Kier alpha value is -1.35. The van der Waals surface area contributed by atoms with Crippen LogP contribution in [0.3, 0.4) is 0 Å². The molecule has 3 heteroatoms. The fourth-order valence-electron chi connectivity index (χ4n) is 1.16. The predicted molar refractivity (Wildman–Crippen MR) is 55.0 cm³/mol. The third kappa shape index (κ3) is 2.33. The molecule has 0 heterocycles. The first kappa shape index (κ1) is 10.7. The fourth-order valence-corrected chi connectivity index (χ4v) is 1.16. The molecular weight excluding hydrogens is 178 g/mol. The van der Waals surface area contributed by atoms with Crippen molar-refractivity contribution in [1.82, 2.24) is 0 Å². The average molecular weight is 193 g/mol. The van der Waals surface area contributed by atoms with Crippen molar-refractivity contribution in [2.24, 2.45) is 5.73 Å². The summed E-state index contributed by atoms with van der Waals surface area (Å²) in [6, 6.07) is 7.16. The van der Waals surface area contributed by atoms with Crippen LogP contribution in [0, 0.1) is 0 Å². The van der Waals surface area contributed by atoms with Gasteiger partial charge in [-0.1, -0.05) is 12.1 Å². The molecule has 1 rings (SSSR count). The molecule has 0 saturated heterocycles. The Balaban J connectivity index is 3.08. The second kappa shape index (κ2) is 3.80. The van der Waals surface area contributed by atoms with Crippen LogP contribution in [0.2, 0.25) is 0 Å². The molecule has 0 aliphatic carbocycles. The highest BCUT2D eigenvalue weighted by Crippen LogP contribution is 2.18. The SMILES string of the molecule is COC(=O)c1cccc(C(C)(C)N)c1. The van der Waals surface area contributed by atoms with Crippen LogP contribution in [0.4, 0.5) is 0 Å². The van der Waals surface area contributed by atoms with Crippen molar-refractivity contribution in [2.45, 2.75) is 19.4 Å². The van der Waals surface area contributed by atoms with E-state index < -0.39 is 5.54 Å². The van der Waals surface area contributed by atoms with Crippen LogP contribution < -0.4 is 5.73 Å². The minimum absolute atomic E-state index is 0.337. The van der Waals surface area contributed by atoms with Crippen LogP contribution in [0.5, 0.6) is 0 Å². The highest BCUT2D eigenvalue weighted by molar-refractivity contribution is 5.89. The maximum Gasteiger partial charge on any atom is 0.337 e. The topological polar surface area (TPSA) is 52.3 Å². The number of carbonyl (C=O) groups excluding carboxylic acids is 1. The molecular formula is C11H15NO2. The van der Waals surface area contributed by atoms with Crippen LogP contribution in [0.15, 0.2) is 24.3 Å². The second-order valence-corrected chi connectivity index (χ2v) is 3.79. The minimum atomic E-state index is -0.440. The van der Waals surface area contributed by atoms with E-state index in [4.69, 9.17) is 5.73 Å². The first-order valence-electron chi connectivity index (χ1n) is 4.43. The zero-order chi connectivity index (χ0) is 10.8.